The maximum Gasteiger partial charge on any atom is 0.258 e. The molecule has 2 N–H and O–H groups in total. The van der Waals surface area contributed by atoms with Crippen molar-refractivity contribution in [3.8, 4) is 23.0 Å². The van der Waals surface area contributed by atoms with Gasteiger partial charge in [0, 0.05) is 5.56 Å². The summed E-state index contributed by atoms with van der Waals surface area (Å²) < 4.78 is 5.56. The van der Waals surface area contributed by atoms with Crippen LogP contribution in [0.2, 0.25) is 0 Å². The number of H-pyrrole nitrogens is 1. The first-order valence-corrected chi connectivity index (χ1v) is 7.21. The van der Waals surface area contributed by atoms with E-state index >= 15 is 0 Å². The molecule has 21 heavy (non-hydrogen) atoms. The Labute approximate surface area is 123 Å². The number of hydrogen-bond acceptors (Lipinski definition) is 4. The lowest BCUT2D eigenvalue weighted by molar-refractivity contribution is 0.317. The van der Waals surface area contributed by atoms with E-state index in [1.807, 2.05) is 32.0 Å². The summed E-state index contributed by atoms with van der Waals surface area (Å²) in [7, 11) is 0. The number of aromatic nitrogens is 2. The highest BCUT2D eigenvalue weighted by Crippen LogP contribution is 2.22. The van der Waals surface area contributed by atoms with E-state index in [4.69, 9.17) is 4.74 Å². The Hall–Kier alpha value is -2.30. The van der Waals surface area contributed by atoms with Crippen molar-refractivity contribution in [2.24, 2.45) is 0 Å². The molecule has 0 aliphatic carbocycles. The standard InChI is InChI=1S/C16H20N2O3/c1-3-6-13-15(19)17-14(18-16(13)20)11-7-5-8-12(10-11)21-9-4-2/h5,7-8,10H,3-4,6,9H2,1-2H3,(H2,17,18,19,20). The second-order valence-electron chi connectivity index (χ2n) is 4.84. The van der Waals surface area contributed by atoms with Crippen molar-refractivity contribution in [2.45, 2.75) is 33.1 Å². The third-order valence-electron chi connectivity index (χ3n) is 3.07. The van der Waals surface area contributed by atoms with E-state index in [1.165, 1.54) is 0 Å². The van der Waals surface area contributed by atoms with E-state index in [9.17, 15) is 9.90 Å². The van der Waals surface area contributed by atoms with Crippen LogP contribution in [-0.4, -0.2) is 21.7 Å². The molecule has 2 rings (SSSR count). The van der Waals surface area contributed by atoms with Gasteiger partial charge in [0.05, 0.1) is 12.2 Å². The van der Waals surface area contributed by atoms with Crippen molar-refractivity contribution < 1.29 is 9.84 Å². The molecule has 0 saturated carbocycles. The van der Waals surface area contributed by atoms with Gasteiger partial charge in [-0.25, -0.2) is 0 Å². The van der Waals surface area contributed by atoms with E-state index in [-0.39, 0.29) is 11.4 Å². The molecule has 0 aliphatic heterocycles. The lowest BCUT2D eigenvalue weighted by atomic mass is 10.1. The molecule has 5 nitrogen and oxygen atoms in total. The van der Waals surface area contributed by atoms with Gasteiger partial charge in [0.1, 0.15) is 11.6 Å². The molecule has 1 aromatic carbocycles. The molecule has 112 valence electrons. The van der Waals surface area contributed by atoms with Crippen molar-refractivity contribution in [3.05, 3.63) is 40.2 Å². The topological polar surface area (TPSA) is 75.2 Å². The Morgan fingerprint density at radius 2 is 2.10 bits per heavy atom. The second kappa shape index (κ2) is 6.92. The number of hydrogen-bond donors (Lipinski definition) is 2. The van der Waals surface area contributed by atoms with Crippen LogP contribution in [0.1, 0.15) is 32.3 Å². The fourth-order valence-corrected chi connectivity index (χ4v) is 2.05. The molecule has 0 fully saturated rings. The lowest BCUT2D eigenvalue weighted by Gasteiger charge is -2.08. The summed E-state index contributed by atoms with van der Waals surface area (Å²) in [5.41, 5.74) is 0.748. The quantitative estimate of drug-likeness (QED) is 0.857. The highest BCUT2D eigenvalue weighted by molar-refractivity contribution is 5.58. The van der Waals surface area contributed by atoms with Crippen LogP contribution >= 0.6 is 0 Å². The summed E-state index contributed by atoms with van der Waals surface area (Å²) >= 11 is 0. The van der Waals surface area contributed by atoms with Gasteiger partial charge in [-0.3, -0.25) is 4.79 Å². The van der Waals surface area contributed by atoms with Crippen LogP contribution in [0, 0.1) is 0 Å². The van der Waals surface area contributed by atoms with Gasteiger partial charge in [0.25, 0.3) is 5.56 Å². The molecule has 0 aliphatic rings. The molecule has 0 bridgehead atoms. The monoisotopic (exact) mass is 288 g/mol. The Morgan fingerprint density at radius 3 is 2.76 bits per heavy atom. The Balaban J connectivity index is 2.36. The van der Waals surface area contributed by atoms with Crippen molar-refractivity contribution in [1.29, 1.82) is 0 Å². The summed E-state index contributed by atoms with van der Waals surface area (Å²) in [6, 6.07) is 7.29. The van der Waals surface area contributed by atoms with E-state index in [0.717, 1.165) is 12.8 Å². The third-order valence-corrected chi connectivity index (χ3v) is 3.07. The minimum atomic E-state index is -0.292. The van der Waals surface area contributed by atoms with E-state index in [0.29, 0.717) is 35.7 Å². The Bertz CT molecular complexity index is 665. The maximum absolute atomic E-state index is 12.0. The predicted molar refractivity (Wildman–Crippen MR) is 81.7 cm³/mol. The molecule has 2 aromatic rings. The summed E-state index contributed by atoms with van der Waals surface area (Å²) in [6.45, 7) is 4.61. The molecule has 0 unspecified atom stereocenters. The molecule has 1 aromatic heterocycles. The van der Waals surface area contributed by atoms with Crippen molar-refractivity contribution in [1.82, 2.24) is 9.97 Å². The number of aromatic amines is 1. The number of ether oxygens (including phenoxy) is 1. The first-order valence-electron chi connectivity index (χ1n) is 7.21. The fraction of sp³-hybridized carbons (Fsp3) is 0.375. The van der Waals surface area contributed by atoms with Crippen LogP contribution in [0.4, 0.5) is 0 Å². The molecule has 0 spiro atoms. The molecular formula is C16H20N2O3. The molecule has 0 amide bonds. The van der Waals surface area contributed by atoms with Crippen LogP contribution in [0.3, 0.4) is 0 Å². The third kappa shape index (κ3) is 3.62. The Kier molecular flexibility index (Phi) is 4.98. The Morgan fingerprint density at radius 1 is 1.29 bits per heavy atom. The summed E-state index contributed by atoms with van der Waals surface area (Å²) in [5.74, 6) is 0.865. The predicted octanol–water partition coefficient (Wildman–Crippen LogP) is 2.88. The molecular weight excluding hydrogens is 268 g/mol. The van der Waals surface area contributed by atoms with Gasteiger partial charge < -0.3 is 14.8 Å². The van der Waals surface area contributed by atoms with Crippen molar-refractivity contribution >= 4 is 0 Å². The fourth-order valence-electron chi connectivity index (χ4n) is 2.05. The zero-order valence-corrected chi connectivity index (χ0v) is 12.3. The first-order chi connectivity index (χ1) is 10.2. The largest absolute Gasteiger partial charge is 0.494 e. The average molecular weight is 288 g/mol. The van der Waals surface area contributed by atoms with Gasteiger partial charge in [0.15, 0.2) is 0 Å². The van der Waals surface area contributed by atoms with Gasteiger partial charge in [-0.15, -0.1) is 0 Å². The number of nitrogens with one attached hydrogen (secondary N) is 1. The van der Waals surface area contributed by atoms with Gasteiger partial charge in [-0.05, 0) is 25.0 Å². The maximum atomic E-state index is 12.0. The van der Waals surface area contributed by atoms with Gasteiger partial charge in [-0.1, -0.05) is 32.4 Å². The van der Waals surface area contributed by atoms with Crippen molar-refractivity contribution in [2.75, 3.05) is 6.61 Å². The van der Waals surface area contributed by atoms with Crippen molar-refractivity contribution in [3.63, 3.8) is 0 Å². The van der Waals surface area contributed by atoms with Crippen LogP contribution in [0.25, 0.3) is 11.4 Å². The molecule has 0 atom stereocenters. The summed E-state index contributed by atoms with van der Waals surface area (Å²) in [5, 5.41) is 9.91. The zero-order chi connectivity index (χ0) is 15.2. The minimum Gasteiger partial charge on any atom is -0.494 e. The van der Waals surface area contributed by atoms with Crippen LogP contribution in [0.5, 0.6) is 11.6 Å². The van der Waals surface area contributed by atoms with Gasteiger partial charge in [0.2, 0.25) is 5.88 Å². The highest BCUT2D eigenvalue weighted by Gasteiger charge is 2.11. The number of aromatic hydroxyl groups is 1. The SMILES string of the molecule is CCCOc1cccc(-c2nc(O)c(CCC)c(=O)[nH]2)c1. The second-order valence-corrected chi connectivity index (χ2v) is 4.84. The smallest absolute Gasteiger partial charge is 0.258 e. The molecule has 5 heteroatoms. The molecule has 0 radical (unpaired) electrons. The van der Waals surface area contributed by atoms with Crippen LogP contribution in [-0.2, 0) is 6.42 Å². The summed E-state index contributed by atoms with van der Waals surface area (Å²) in [6.07, 6.45) is 2.21. The van der Waals surface area contributed by atoms with E-state index in [1.54, 1.807) is 6.07 Å². The lowest BCUT2D eigenvalue weighted by Crippen LogP contribution is -2.15. The van der Waals surface area contributed by atoms with Crippen LogP contribution < -0.4 is 10.3 Å². The molecule has 0 saturated heterocycles. The van der Waals surface area contributed by atoms with E-state index in [2.05, 4.69) is 9.97 Å². The summed E-state index contributed by atoms with van der Waals surface area (Å²) in [4.78, 5) is 18.8. The van der Waals surface area contributed by atoms with E-state index < -0.39 is 0 Å². The average Bonchev–Trinajstić information content (AvgIpc) is 2.49. The number of benzene rings is 1. The van der Waals surface area contributed by atoms with Gasteiger partial charge >= 0.3 is 0 Å². The number of rotatable bonds is 6. The highest BCUT2D eigenvalue weighted by atomic mass is 16.5. The number of nitrogens with zero attached hydrogens (tertiary/aromatic N) is 1. The van der Waals surface area contributed by atoms with Gasteiger partial charge in [-0.2, -0.15) is 4.98 Å². The zero-order valence-electron chi connectivity index (χ0n) is 12.3. The normalized spacial score (nSPS) is 10.6. The van der Waals surface area contributed by atoms with Crippen LogP contribution in [0.15, 0.2) is 29.1 Å². The minimum absolute atomic E-state index is 0.199. The molecule has 1 heterocycles. The first kappa shape index (κ1) is 15.1.